The summed E-state index contributed by atoms with van der Waals surface area (Å²) < 4.78 is 3.91. The number of amides is 2. The molecular weight excluding hydrogens is 416 g/mol. The first-order valence-corrected chi connectivity index (χ1v) is 11.5. The lowest BCUT2D eigenvalue weighted by molar-refractivity contribution is -0.125. The lowest BCUT2D eigenvalue weighted by atomic mass is 10.2. The second-order valence-electron chi connectivity index (χ2n) is 8.59. The zero-order chi connectivity index (χ0) is 23.2. The van der Waals surface area contributed by atoms with E-state index in [-0.39, 0.29) is 24.7 Å². The normalized spacial score (nSPS) is 13.2. The fourth-order valence-electron chi connectivity index (χ4n) is 4.19. The van der Waals surface area contributed by atoms with Crippen molar-refractivity contribution in [2.45, 2.75) is 32.4 Å². The molecule has 174 valence electrons. The van der Waals surface area contributed by atoms with Crippen molar-refractivity contribution >= 4 is 17.6 Å². The molecule has 3 heterocycles. The number of hydrogen-bond donors (Lipinski definition) is 1. The minimum Gasteiger partial charge on any atom is -0.355 e. The van der Waals surface area contributed by atoms with Crippen LogP contribution in [0.5, 0.6) is 0 Å². The number of hydrogen-bond acceptors (Lipinski definition) is 4. The summed E-state index contributed by atoms with van der Waals surface area (Å²) in [4.78, 5) is 29.1. The van der Waals surface area contributed by atoms with Gasteiger partial charge in [0.05, 0.1) is 5.69 Å². The van der Waals surface area contributed by atoms with Crippen LogP contribution in [0.4, 0.5) is 5.82 Å². The molecule has 0 aliphatic carbocycles. The third kappa shape index (κ3) is 5.70. The third-order valence-electron chi connectivity index (χ3n) is 5.97. The van der Waals surface area contributed by atoms with Crippen molar-refractivity contribution in [3.63, 3.8) is 0 Å². The standard InChI is InChI=1S/C25H32N6O2/c1-28(19-20-8-4-3-5-9-20)17-13-26-23(32)11-12-25(33)30-15-7-16-31-24(30)18-21(27-31)22-10-6-14-29(22)2/h3-6,8-10,14,18H,7,11-13,15-17,19H2,1-2H3,(H,26,32). The second-order valence-corrected chi connectivity index (χ2v) is 8.59. The van der Waals surface area contributed by atoms with Gasteiger partial charge in [-0.05, 0) is 31.2 Å². The van der Waals surface area contributed by atoms with Gasteiger partial charge in [-0.1, -0.05) is 30.3 Å². The summed E-state index contributed by atoms with van der Waals surface area (Å²) in [6, 6.07) is 16.2. The molecule has 2 amide bonds. The van der Waals surface area contributed by atoms with Crippen molar-refractivity contribution in [2.75, 3.05) is 31.6 Å². The summed E-state index contributed by atoms with van der Waals surface area (Å²) in [5.74, 6) is 0.683. The zero-order valence-corrected chi connectivity index (χ0v) is 19.4. The summed E-state index contributed by atoms with van der Waals surface area (Å²) >= 11 is 0. The molecule has 0 saturated heterocycles. The monoisotopic (exact) mass is 448 g/mol. The molecule has 1 aliphatic rings. The Hall–Kier alpha value is -3.39. The van der Waals surface area contributed by atoms with E-state index in [1.54, 1.807) is 4.90 Å². The summed E-state index contributed by atoms with van der Waals surface area (Å²) in [5.41, 5.74) is 3.11. The van der Waals surface area contributed by atoms with Crippen LogP contribution < -0.4 is 10.2 Å². The molecule has 0 bridgehead atoms. The summed E-state index contributed by atoms with van der Waals surface area (Å²) in [7, 11) is 4.01. The van der Waals surface area contributed by atoms with Gasteiger partial charge in [0.15, 0.2) is 0 Å². The molecule has 4 rings (SSSR count). The molecule has 0 unspecified atom stereocenters. The van der Waals surface area contributed by atoms with Crippen LogP contribution in [0.25, 0.3) is 11.4 Å². The maximum Gasteiger partial charge on any atom is 0.228 e. The maximum atomic E-state index is 12.9. The van der Waals surface area contributed by atoms with Crippen molar-refractivity contribution < 1.29 is 9.59 Å². The number of likely N-dealkylation sites (N-methyl/N-ethyl adjacent to an activating group) is 1. The van der Waals surface area contributed by atoms with Gasteiger partial charge in [-0.25, -0.2) is 4.68 Å². The fourth-order valence-corrected chi connectivity index (χ4v) is 4.19. The first-order chi connectivity index (χ1) is 16.0. The van der Waals surface area contributed by atoms with Crippen molar-refractivity contribution in [3.05, 3.63) is 60.3 Å². The van der Waals surface area contributed by atoms with Crippen LogP contribution in [0.3, 0.4) is 0 Å². The van der Waals surface area contributed by atoms with Crippen LogP contribution in [0.15, 0.2) is 54.7 Å². The first-order valence-electron chi connectivity index (χ1n) is 11.5. The van der Waals surface area contributed by atoms with Crippen LogP contribution in [-0.2, 0) is 29.7 Å². The highest BCUT2D eigenvalue weighted by molar-refractivity contribution is 5.95. The Morgan fingerprint density at radius 1 is 1.09 bits per heavy atom. The number of carbonyl (C=O) groups is 2. The molecule has 2 aromatic heterocycles. The zero-order valence-electron chi connectivity index (χ0n) is 19.4. The van der Waals surface area contributed by atoms with Crippen molar-refractivity contribution in [1.82, 2.24) is 24.6 Å². The molecule has 33 heavy (non-hydrogen) atoms. The number of benzene rings is 1. The minimum atomic E-state index is -0.0912. The second kappa shape index (κ2) is 10.5. The van der Waals surface area contributed by atoms with Gasteiger partial charge in [0.25, 0.3) is 0 Å². The lowest BCUT2D eigenvalue weighted by Crippen LogP contribution is -2.38. The summed E-state index contributed by atoms with van der Waals surface area (Å²) in [6.07, 6.45) is 3.22. The largest absolute Gasteiger partial charge is 0.355 e. The van der Waals surface area contributed by atoms with Gasteiger partial charge in [0, 0.05) is 64.9 Å². The van der Waals surface area contributed by atoms with Gasteiger partial charge in [0.1, 0.15) is 11.5 Å². The van der Waals surface area contributed by atoms with Crippen molar-refractivity contribution in [3.8, 4) is 11.4 Å². The fraction of sp³-hybridized carbons (Fsp3) is 0.400. The number of fused-ring (bicyclic) bond motifs is 1. The number of aryl methyl sites for hydroxylation is 2. The average molecular weight is 449 g/mol. The van der Waals surface area contributed by atoms with E-state index in [1.165, 1.54) is 5.56 Å². The highest BCUT2D eigenvalue weighted by Crippen LogP contribution is 2.28. The van der Waals surface area contributed by atoms with Crippen LogP contribution in [-0.4, -0.2) is 57.7 Å². The van der Waals surface area contributed by atoms with E-state index in [0.29, 0.717) is 13.1 Å². The highest BCUT2D eigenvalue weighted by atomic mass is 16.2. The lowest BCUT2D eigenvalue weighted by Gasteiger charge is -2.27. The summed E-state index contributed by atoms with van der Waals surface area (Å²) in [6.45, 7) is 3.60. The minimum absolute atomic E-state index is 0.0365. The van der Waals surface area contributed by atoms with E-state index in [0.717, 1.165) is 43.3 Å². The van der Waals surface area contributed by atoms with Crippen LogP contribution in [0.2, 0.25) is 0 Å². The average Bonchev–Trinajstić information content (AvgIpc) is 3.43. The molecule has 1 aliphatic heterocycles. The Labute approximate surface area is 194 Å². The van der Waals surface area contributed by atoms with Crippen molar-refractivity contribution in [1.29, 1.82) is 0 Å². The van der Waals surface area contributed by atoms with Gasteiger partial charge in [-0.3, -0.25) is 14.5 Å². The number of nitrogens with zero attached hydrogens (tertiary/aromatic N) is 5. The molecule has 8 nitrogen and oxygen atoms in total. The van der Waals surface area contributed by atoms with Crippen LogP contribution >= 0.6 is 0 Å². The van der Waals surface area contributed by atoms with Crippen molar-refractivity contribution in [2.24, 2.45) is 7.05 Å². The number of aromatic nitrogens is 3. The number of nitrogens with one attached hydrogen (secondary N) is 1. The Kier molecular flexibility index (Phi) is 7.24. The quantitative estimate of drug-likeness (QED) is 0.546. The number of carbonyl (C=O) groups excluding carboxylic acids is 2. The van der Waals surface area contributed by atoms with Gasteiger partial charge >= 0.3 is 0 Å². The molecule has 8 heteroatoms. The SMILES string of the molecule is CN(CCNC(=O)CCC(=O)N1CCCn2nc(-c3cccn3C)cc21)Cc1ccccc1. The number of anilines is 1. The molecule has 0 spiro atoms. The van der Waals surface area contributed by atoms with E-state index in [1.807, 2.05) is 65.9 Å². The van der Waals surface area contributed by atoms with E-state index >= 15 is 0 Å². The van der Waals surface area contributed by atoms with Gasteiger partial charge in [-0.2, -0.15) is 5.10 Å². The molecular formula is C25H32N6O2. The first kappa shape index (κ1) is 22.8. The predicted molar refractivity (Wildman–Crippen MR) is 129 cm³/mol. The molecule has 0 fully saturated rings. The molecule has 3 aromatic rings. The van der Waals surface area contributed by atoms with Gasteiger partial charge in [0.2, 0.25) is 11.8 Å². The van der Waals surface area contributed by atoms with Crippen LogP contribution in [0, 0.1) is 0 Å². The Morgan fingerprint density at radius 2 is 1.91 bits per heavy atom. The molecule has 1 aromatic carbocycles. The van der Waals surface area contributed by atoms with E-state index in [4.69, 9.17) is 0 Å². The molecule has 0 atom stereocenters. The predicted octanol–water partition coefficient (Wildman–Crippen LogP) is 2.65. The van der Waals surface area contributed by atoms with Gasteiger partial charge < -0.3 is 14.8 Å². The Morgan fingerprint density at radius 3 is 2.67 bits per heavy atom. The van der Waals surface area contributed by atoms with E-state index in [9.17, 15) is 9.59 Å². The molecule has 0 radical (unpaired) electrons. The number of rotatable bonds is 9. The Bertz CT molecular complexity index is 1090. The molecule has 1 N–H and O–H groups in total. The highest BCUT2D eigenvalue weighted by Gasteiger charge is 2.25. The third-order valence-corrected chi connectivity index (χ3v) is 5.97. The van der Waals surface area contributed by atoms with E-state index < -0.39 is 0 Å². The van der Waals surface area contributed by atoms with Gasteiger partial charge in [-0.15, -0.1) is 0 Å². The molecule has 0 saturated carbocycles. The topological polar surface area (TPSA) is 75.4 Å². The van der Waals surface area contributed by atoms with E-state index in [2.05, 4.69) is 27.4 Å². The Balaban J connectivity index is 1.24. The summed E-state index contributed by atoms with van der Waals surface area (Å²) in [5, 5.41) is 7.62. The van der Waals surface area contributed by atoms with Crippen LogP contribution in [0.1, 0.15) is 24.8 Å². The maximum absolute atomic E-state index is 12.9. The smallest absolute Gasteiger partial charge is 0.228 e.